The molecule has 1 N–H and O–H groups in total. The minimum absolute atomic E-state index is 0. The fourth-order valence-corrected chi connectivity index (χ4v) is 4.85. The molecule has 0 saturated heterocycles. The fraction of sp³-hybridized carbons (Fsp3) is 0.107. The number of sulfonamides is 1. The van der Waals surface area contributed by atoms with Gasteiger partial charge in [0.05, 0.1) is 15.8 Å². The smallest absolute Gasteiger partial charge is 0.131 e. The largest absolute Gasteiger partial charge is 0.672 e. The quantitative estimate of drug-likeness (QED) is 0.142. The van der Waals surface area contributed by atoms with Crippen LogP contribution in [0.2, 0.25) is 0 Å². The van der Waals surface area contributed by atoms with Crippen LogP contribution in [0, 0.1) is 7.43 Å². The first-order chi connectivity index (χ1) is 17.0. The molecule has 0 aliphatic rings. The van der Waals surface area contributed by atoms with E-state index in [4.69, 9.17) is 10.5 Å². The van der Waals surface area contributed by atoms with Crippen molar-refractivity contribution in [2.24, 2.45) is 0 Å². The molecule has 0 aliphatic carbocycles. The van der Waals surface area contributed by atoms with Crippen LogP contribution in [0.5, 0.6) is 11.5 Å². The van der Waals surface area contributed by atoms with Crippen LogP contribution >= 0.6 is 9.69 Å². The first-order valence-corrected chi connectivity index (χ1v) is 14.6. The number of ether oxygens (including phenoxy) is 1. The Morgan fingerprint density at radius 1 is 0.750 bits per heavy atom. The van der Waals surface area contributed by atoms with Gasteiger partial charge in [0.25, 0.3) is 0 Å². The standard InChI is InChI=1S/C27H24N2O3S.CH3.ClH.Ru/c28-26(21-12-4-1-5-13-21)27(22-14-6-2-7-15-22)29-33(30,31)20-23-16-10-11-19-25(23)32-24-17-8-3-9-18-24;;;/h1-19,26-28H,20H2;1H3;1H;/q-2;-1;;+4/p-1. The van der Waals surface area contributed by atoms with E-state index in [0.717, 1.165) is 0 Å². The molecule has 0 aromatic heterocycles. The first kappa shape index (κ1) is 29.7. The van der Waals surface area contributed by atoms with Crippen molar-refractivity contribution in [1.82, 2.24) is 0 Å². The molecule has 4 aromatic rings. The van der Waals surface area contributed by atoms with Crippen molar-refractivity contribution in [3.63, 3.8) is 0 Å². The predicted molar refractivity (Wildman–Crippen MR) is 144 cm³/mol. The summed E-state index contributed by atoms with van der Waals surface area (Å²) in [5.74, 6) is 0.766. The van der Waals surface area contributed by atoms with E-state index in [1.165, 1.54) is 0 Å². The second-order valence-corrected chi connectivity index (χ2v) is 9.26. The Hall–Kier alpha value is -2.54. The molecule has 4 rings (SSSR count). The number of halogens is 1. The van der Waals surface area contributed by atoms with E-state index in [0.29, 0.717) is 28.2 Å². The summed E-state index contributed by atoms with van der Waals surface area (Å²) < 4.78 is 36.6. The number of nitrogens with one attached hydrogen (secondary N) is 1. The van der Waals surface area contributed by atoms with Gasteiger partial charge in [0.15, 0.2) is 0 Å². The van der Waals surface area contributed by atoms with Crippen LogP contribution in [0.1, 0.15) is 28.8 Å². The molecule has 0 spiro atoms. The molecule has 2 unspecified atom stereocenters. The van der Waals surface area contributed by atoms with E-state index in [1.54, 1.807) is 36.4 Å². The maximum Gasteiger partial charge on any atom is 0.131 e. The van der Waals surface area contributed by atoms with Crippen molar-refractivity contribution < 1.29 is 30.5 Å². The van der Waals surface area contributed by atoms with Gasteiger partial charge in [-0.1, -0.05) is 108 Å². The molecule has 0 aliphatic heterocycles. The van der Waals surface area contributed by atoms with Gasteiger partial charge in [-0.25, -0.2) is 8.42 Å². The van der Waals surface area contributed by atoms with Crippen LogP contribution in [-0.4, -0.2) is 8.42 Å². The van der Waals surface area contributed by atoms with Crippen LogP contribution in [0.25, 0.3) is 10.5 Å². The van der Waals surface area contributed by atoms with Gasteiger partial charge in [0.2, 0.25) is 0 Å². The summed E-state index contributed by atoms with van der Waals surface area (Å²) in [4.78, 5) is 0. The molecular weight excluding hydrogens is 581 g/mol. The second kappa shape index (κ2) is 14.9. The summed E-state index contributed by atoms with van der Waals surface area (Å²) >= 11 is 1.82. The Morgan fingerprint density at radius 3 is 1.81 bits per heavy atom. The maximum atomic E-state index is 13.2. The SMILES string of the molecule is [CH3-].[Cl][Ru+3].[NH-]C(c1ccccc1)C([N-]S(=O)(=O)Cc1ccccc1Oc1ccccc1)c1ccccc1. The minimum atomic E-state index is -3.92. The summed E-state index contributed by atoms with van der Waals surface area (Å²) in [6.45, 7) is 0. The third-order valence-corrected chi connectivity index (χ3v) is 6.40. The summed E-state index contributed by atoms with van der Waals surface area (Å²) in [5.41, 5.74) is 10.7. The molecule has 0 fully saturated rings. The number of rotatable bonds is 9. The molecule has 0 bridgehead atoms. The van der Waals surface area contributed by atoms with Gasteiger partial charge in [-0.05, 0) is 18.2 Å². The van der Waals surface area contributed by atoms with Crippen molar-refractivity contribution in [3.05, 3.63) is 150 Å². The molecule has 5 nitrogen and oxygen atoms in total. The third kappa shape index (κ3) is 8.54. The van der Waals surface area contributed by atoms with E-state index >= 15 is 0 Å². The Kier molecular flexibility index (Phi) is 12.3. The summed E-state index contributed by atoms with van der Waals surface area (Å²) in [6, 6.07) is 32.8. The normalized spacial score (nSPS) is 12.3. The van der Waals surface area contributed by atoms with E-state index in [9.17, 15) is 8.42 Å². The maximum absolute atomic E-state index is 13.2. The number of hydrogen-bond donors (Lipinski definition) is 0. The Balaban J connectivity index is 0.00000148. The summed E-state index contributed by atoms with van der Waals surface area (Å²) in [5, 5.41) is 0. The zero-order valence-corrected chi connectivity index (χ0v) is 23.0. The van der Waals surface area contributed by atoms with Gasteiger partial charge in [0, 0.05) is 5.56 Å². The molecule has 36 heavy (non-hydrogen) atoms. The van der Waals surface area contributed by atoms with Gasteiger partial charge in [-0.15, -0.1) is 12.1 Å². The second-order valence-electron chi connectivity index (χ2n) is 7.60. The average Bonchev–Trinajstić information content (AvgIpc) is 2.91. The third-order valence-electron chi connectivity index (χ3n) is 5.17. The number of benzene rings is 4. The van der Waals surface area contributed by atoms with E-state index < -0.39 is 22.1 Å². The van der Waals surface area contributed by atoms with Gasteiger partial charge in [0.1, 0.15) is 11.5 Å². The number of para-hydroxylation sites is 2. The zero-order valence-electron chi connectivity index (χ0n) is 19.6. The van der Waals surface area contributed by atoms with Crippen LogP contribution in [0.15, 0.2) is 115 Å². The molecule has 0 radical (unpaired) electrons. The molecular formula is C28H27ClN2O3RuS. The Labute approximate surface area is 228 Å². The van der Waals surface area contributed by atoms with E-state index in [2.05, 4.69) is 14.4 Å². The van der Waals surface area contributed by atoms with Crippen molar-refractivity contribution in [2.75, 3.05) is 0 Å². The van der Waals surface area contributed by atoms with Crippen LogP contribution in [0.3, 0.4) is 0 Å². The van der Waals surface area contributed by atoms with Crippen LogP contribution < -0.4 is 4.74 Å². The Morgan fingerprint density at radius 2 is 1.22 bits per heavy atom. The molecule has 0 saturated carbocycles. The average molecular weight is 608 g/mol. The zero-order chi connectivity index (χ0) is 25.1. The molecule has 0 heterocycles. The van der Waals surface area contributed by atoms with Crippen LogP contribution in [0.4, 0.5) is 0 Å². The van der Waals surface area contributed by atoms with Crippen molar-refractivity contribution >= 4 is 19.7 Å². The molecule has 8 heteroatoms. The van der Waals surface area contributed by atoms with Crippen molar-refractivity contribution in [1.29, 1.82) is 0 Å². The van der Waals surface area contributed by atoms with Gasteiger partial charge < -0.3 is 22.6 Å². The monoisotopic (exact) mass is 608 g/mol. The molecule has 0 amide bonds. The van der Waals surface area contributed by atoms with E-state index in [1.807, 2.05) is 96.2 Å². The summed E-state index contributed by atoms with van der Waals surface area (Å²) in [6.07, 6.45) is 0. The van der Waals surface area contributed by atoms with E-state index in [-0.39, 0.29) is 13.2 Å². The van der Waals surface area contributed by atoms with Gasteiger partial charge in [-0.3, -0.25) is 0 Å². The van der Waals surface area contributed by atoms with Gasteiger partial charge in [-0.2, -0.15) is 0 Å². The summed E-state index contributed by atoms with van der Waals surface area (Å²) in [7, 11) is 0.644. The Bertz CT molecular complexity index is 1280. The fourth-order valence-electron chi connectivity index (χ4n) is 3.55. The van der Waals surface area contributed by atoms with Crippen molar-refractivity contribution in [3.8, 4) is 11.5 Å². The topological polar surface area (TPSA) is 81.3 Å². The molecule has 4 aromatic carbocycles. The number of hydrogen-bond acceptors (Lipinski definition) is 3. The van der Waals surface area contributed by atoms with Crippen LogP contribution in [-0.2, 0) is 33.1 Å². The van der Waals surface area contributed by atoms with Gasteiger partial charge >= 0.3 is 27.0 Å². The molecule has 2 atom stereocenters. The minimum Gasteiger partial charge on any atom is -0.672 e. The predicted octanol–water partition coefficient (Wildman–Crippen LogP) is 8.35. The number of nitrogens with zero attached hydrogens (tertiary/aromatic N) is 1. The first-order valence-electron chi connectivity index (χ1n) is 10.7. The van der Waals surface area contributed by atoms with Crippen molar-refractivity contribution in [2.45, 2.75) is 17.8 Å². The molecule has 188 valence electrons.